The number of hydrogen-bond acceptors (Lipinski definition) is 5. The van der Waals surface area contributed by atoms with Crippen LogP contribution in [0.5, 0.6) is 0 Å². The highest BCUT2D eigenvalue weighted by Gasteiger charge is 2.21. The van der Waals surface area contributed by atoms with Gasteiger partial charge in [0.2, 0.25) is 0 Å². The zero-order valence-corrected chi connectivity index (χ0v) is 19.2. The highest BCUT2D eigenvalue weighted by Crippen LogP contribution is 2.28. The van der Waals surface area contributed by atoms with E-state index in [4.69, 9.17) is 11.6 Å². The van der Waals surface area contributed by atoms with Gasteiger partial charge in [0.25, 0.3) is 5.69 Å². The molecule has 3 aromatic rings. The molecule has 0 radical (unpaired) electrons. The maximum absolute atomic E-state index is 10.7. The molecule has 1 heterocycles. The molecular formula is C22H25Cl3N4O2. The van der Waals surface area contributed by atoms with Gasteiger partial charge in [-0.15, -0.1) is 24.8 Å². The number of benzene rings is 2. The van der Waals surface area contributed by atoms with Crippen molar-refractivity contribution in [2.45, 2.75) is 44.3 Å². The van der Waals surface area contributed by atoms with E-state index < -0.39 is 0 Å². The van der Waals surface area contributed by atoms with Crippen molar-refractivity contribution in [2.75, 3.05) is 5.32 Å². The maximum Gasteiger partial charge on any atom is 0.269 e. The van der Waals surface area contributed by atoms with Gasteiger partial charge in [-0.3, -0.25) is 15.1 Å². The minimum absolute atomic E-state index is 0. The lowest BCUT2D eigenvalue weighted by atomic mass is 9.90. The van der Waals surface area contributed by atoms with E-state index in [1.165, 1.54) is 0 Å². The Morgan fingerprint density at radius 2 is 1.68 bits per heavy atom. The first-order valence-electron chi connectivity index (χ1n) is 9.86. The maximum atomic E-state index is 10.7. The van der Waals surface area contributed by atoms with Gasteiger partial charge in [0.1, 0.15) is 0 Å². The lowest BCUT2D eigenvalue weighted by Crippen LogP contribution is -2.36. The number of nitrogens with one attached hydrogen (secondary N) is 2. The van der Waals surface area contributed by atoms with Crippen LogP contribution < -0.4 is 10.6 Å². The number of nitro benzene ring substituents is 1. The minimum atomic E-state index is -0.369. The molecule has 9 heteroatoms. The molecule has 31 heavy (non-hydrogen) atoms. The third kappa shape index (κ3) is 6.43. The molecule has 0 spiro atoms. The monoisotopic (exact) mass is 482 g/mol. The molecule has 166 valence electrons. The normalized spacial score (nSPS) is 18.0. The summed E-state index contributed by atoms with van der Waals surface area (Å²) in [7, 11) is 0. The number of fused-ring (bicyclic) bond motifs is 1. The van der Waals surface area contributed by atoms with E-state index in [0.29, 0.717) is 17.1 Å². The van der Waals surface area contributed by atoms with E-state index in [9.17, 15) is 10.1 Å². The summed E-state index contributed by atoms with van der Waals surface area (Å²) < 4.78 is 0. The predicted molar refractivity (Wildman–Crippen MR) is 131 cm³/mol. The second kappa shape index (κ2) is 11.5. The topological polar surface area (TPSA) is 80.1 Å². The molecule has 2 N–H and O–H groups in total. The fourth-order valence-electron chi connectivity index (χ4n) is 3.91. The number of non-ortho nitro benzene ring substituents is 1. The van der Waals surface area contributed by atoms with Crippen molar-refractivity contribution in [1.82, 2.24) is 10.3 Å². The number of pyridine rings is 1. The number of halogens is 3. The van der Waals surface area contributed by atoms with Gasteiger partial charge in [-0.1, -0.05) is 23.7 Å². The molecule has 2 aromatic carbocycles. The zero-order chi connectivity index (χ0) is 20.2. The average molecular weight is 484 g/mol. The zero-order valence-electron chi connectivity index (χ0n) is 16.8. The van der Waals surface area contributed by atoms with E-state index in [1.54, 1.807) is 12.1 Å². The summed E-state index contributed by atoms with van der Waals surface area (Å²) in [5.41, 5.74) is 3.21. The lowest BCUT2D eigenvalue weighted by Gasteiger charge is -2.30. The van der Waals surface area contributed by atoms with Crippen molar-refractivity contribution in [2.24, 2.45) is 0 Å². The van der Waals surface area contributed by atoms with Crippen molar-refractivity contribution < 1.29 is 4.92 Å². The molecule has 0 bridgehead atoms. The van der Waals surface area contributed by atoms with E-state index in [2.05, 4.69) is 15.6 Å². The Morgan fingerprint density at radius 3 is 2.35 bits per heavy atom. The van der Waals surface area contributed by atoms with Crippen LogP contribution in [0.25, 0.3) is 10.9 Å². The molecule has 1 saturated carbocycles. The predicted octanol–water partition coefficient (Wildman–Crippen LogP) is 6.15. The van der Waals surface area contributed by atoms with Gasteiger partial charge in [-0.05, 0) is 55.5 Å². The van der Waals surface area contributed by atoms with Gasteiger partial charge in [-0.2, -0.15) is 0 Å². The number of anilines is 1. The molecule has 6 nitrogen and oxygen atoms in total. The first-order valence-corrected chi connectivity index (χ1v) is 10.2. The van der Waals surface area contributed by atoms with Gasteiger partial charge >= 0.3 is 0 Å². The summed E-state index contributed by atoms with van der Waals surface area (Å²) in [5, 5.41) is 19.8. The number of nitro groups is 1. The van der Waals surface area contributed by atoms with Crippen LogP contribution in [0.15, 0.2) is 54.7 Å². The minimum Gasteiger partial charge on any atom is -0.382 e. The van der Waals surface area contributed by atoms with Crippen LogP contribution in [0.1, 0.15) is 31.2 Å². The summed E-state index contributed by atoms with van der Waals surface area (Å²) in [5.74, 6) is 0. The molecule has 1 aliphatic rings. The van der Waals surface area contributed by atoms with Crippen LogP contribution in [-0.2, 0) is 6.54 Å². The molecule has 0 unspecified atom stereocenters. The average Bonchev–Trinajstić information content (AvgIpc) is 2.73. The van der Waals surface area contributed by atoms with Crippen molar-refractivity contribution >= 4 is 58.7 Å². The lowest BCUT2D eigenvalue weighted by molar-refractivity contribution is -0.384. The molecule has 4 rings (SSSR count). The fourth-order valence-corrected chi connectivity index (χ4v) is 4.07. The molecule has 1 fully saturated rings. The summed E-state index contributed by atoms with van der Waals surface area (Å²) >= 11 is 6.08. The SMILES string of the molecule is Cl.Cl.O=[N+]([O-])c1ccc(CNC2CCC(Nc3ccnc4cc(Cl)ccc34)CC2)cc1. The standard InChI is InChI=1S/C22H23ClN4O2.2ClH/c23-16-3-10-20-21(11-12-24-22(20)13-16)26-18-6-4-17(5-7-18)25-14-15-1-8-19(9-2-15)27(28)29;;/h1-3,8-13,17-18,25H,4-7,14H2,(H,24,26);2*1H. The Balaban J connectivity index is 0.00000171. The van der Waals surface area contributed by atoms with E-state index in [1.807, 2.05) is 42.6 Å². The van der Waals surface area contributed by atoms with Gasteiger partial charge in [0.15, 0.2) is 0 Å². The Bertz CT molecular complexity index is 1010. The largest absolute Gasteiger partial charge is 0.382 e. The Hall–Kier alpha value is -2.12. The third-order valence-electron chi connectivity index (χ3n) is 5.53. The summed E-state index contributed by atoms with van der Waals surface area (Å²) in [6, 6.07) is 15.5. The smallest absolute Gasteiger partial charge is 0.269 e. The van der Waals surface area contributed by atoms with Gasteiger partial charge < -0.3 is 10.6 Å². The fraction of sp³-hybridized carbons (Fsp3) is 0.318. The molecule has 1 aliphatic carbocycles. The molecular weight excluding hydrogens is 459 g/mol. The van der Waals surface area contributed by atoms with Crippen LogP contribution in [0.2, 0.25) is 5.02 Å². The second-order valence-corrected chi connectivity index (χ2v) is 7.95. The van der Waals surface area contributed by atoms with Crippen molar-refractivity contribution in [1.29, 1.82) is 0 Å². The Morgan fingerprint density at radius 1 is 1.00 bits per heavy atom. The Labute approximate surface area is 198 Å². The van der Waals surface area contributed by atoms with Gasteiger partial charge in [0, 0.05) is 53.1 Å². The second-order valence-electron chi connectivity index (χ2n) is 7.52. The number of aromatic nitrogens is 1. The van der Waals surface area contributed by atoms with Crippen LogP contribution in [0.4, 0.5) is 11.4 Å². The van der Waals surface area contributed by atoms with E-state index >= 15 is 0 Å². The highest BCUT2D eigenvalue weighted by atomic mass is 35.5. The molecule has 0 saturated heterocycles. The first-order chi connectivity index (χ1) is 14.1. The quantitative estimate of drug-likeness (QED) is 0.324. The van der Waals surface area contributed by atoms with Crippen molar-refractivity contribution in [3.05, 3.63) is 75.4 Å². The van der Waals surface area contributed by atoms with Crippen LogP contribution >= 0.6 is 36.4 Å². The third-order valence-corrected chi connectivity index (χ3v) is 5.77. The summed E-state index contributed by atoms with van der Waals surface area (Å²) in [6.45, 7) is 0.733. The summed E-state index contributed by atoms with van der Waals surface area (Å²) in [6.07, 6.45) is 6.20. The number of hydrogen-bond donors (Lipinski definition) is 2. The molecule has 0 amide bonds. The molecule has 0 atom stereocenters. The highest BCUT2D eigenvalue weighted by molar-refractivity contribution is 6.31. The number of nitrogens with zero attached hydrogens (tertiary/aromatic N) is 2. The molecule has 1 aromatic heterocycles. The number of rotatable bonds is 6. The van der Waals surface area contributed by atoms with Crippen LogP contribution in [-0.4, -0.2) is 22.0 Å². The van der Waals surface area contributed by atoms with Gasteiger partial charge in [0.05, 0.1) is 10.4 Å². The molecule has 0 aliphatic heterocycles. The Kier molecular flexibility index (Phi) is 9.32. The van der Waals surface area contributed by atoms with Crippen molar-refractivity contribution in [3.63, 3.8) is 0 Å². The van der Waals surface area contributed by atoms with Gasteiger partial charge in [-0.25, -0.2) is 0 Å². The summed E-state index contributed by atoms with van der Waals surface area (Å²) in [4.78, 5) is 14.8. The first kappa shape index (κ1) is 25.1. The van der Waals surface area contributed by atoms with E-state index in [-0.39, 0.29) is 35.4 Å². The van der Waals surface area contributed by atoms with Crippen LogP contribution in [0.3, 0.4) is 0 Å². The van der Waals surface area contributed by atoms with E-state index in [0.717, 1.165) is 54.4 Å². The van der Waals surface area contributed by atoms with Crippen LogP contribution in [0, 0.1) is 10.1 Å². The van der Waals surface area contributed by atoms with Crippen molar-refractivity contribution in [3.8, 4) is 0 Å².